The third-order valence-corrected chi connectivity index (χ3v) is 5.17. The second-order valence-corrected chi connectivity index (χ2v) is 7.61. The highest BCUT2D eigenvalue weighted by Crippen LogP contribution is 2.15. The molecule has 2 heterocycles. The van der Waals surface area contributed by atoms with Gasteiger partial charge < -0.3 is 9.64 Å². The van der Waals surface area contributed by atoms with Crippen LogP contribution in [0.4, 0.5) is 0 Å². The number of amides is 1. The number of aromatic nitrogens is 2. The van der Waals surface area contributed by atoms with Gasteiger partial charge in [0.05, 0.1) is 5.69 Å². The predicted octanol–water partition coefficient (Wildman–Crippen LogP) is 3.14. The Morgan fingerprint density at radius 2 is 1.72 bits per heavy atom. The molecule has 0 unspecified atom stereocenters. The summed E-state index contributed by atoms with van der Waals surface area (Å²) < 4.78 is 6.76. The minimum Gasteiger partial charge on any atom is -0.448 e. The maximum absolute atomic E-state index is 12.6. The molecule has 7 nitrogen and oxygen atoms in total. The normalized spacial score (nSPS) is 15.5. The van der Waals surface area contributed by atoms with Crippen molar-refractivity contribution < 1.29 is 14.3 Å². The van der Waals surface area contributed by atoms with Crippen LogP contribution in [0.25, 0.3) is 5.69 Å². The number of rotatable bonds is 4. The van der Waals surface area contributed by atoms with E-state index in [0.717, 1.165) is 25.7 Å². The van der Waals surface area contributed by atoms with Gasteiger partial charge in [-0.05, 0) is 51.0 Å². The molecule has 8 heteroatoms. The summed E-state index contributed by atoms with van der Waals surface area (Å²) in [5.74, 6) is -1.15. The number of benzene rings is 1. The summed E-state index contributed by atoms with van der Waals surface area (Å²) >= 11 is 5.92. The van der Waals surface area contributed by atoms with Crippen molar-refractivity contribution in [2.45, 2.75) is 45.6 Å². The fourth-order valence-electron chi connectivity index (χ4n) is 3.35. The Labute approximate surface area is 174 Å². The predicted molar refractivity (Wildman–Crippen MR) is 110 cm³/mol. The number of esters is 1. The average molecular weight is 418 g/mol. The van der Waals surface area contributed by atoms with Crippen LogP contribution >= 0.6 is 11.6 Å². The lowest BCUT2D eigenvalue weighted by molar-refractivity contribution is -0.139. The molecule has 29 heavy (non-hydrogen) atoms. The van der Waals surface area contributed by atoms with Gasteiger partial charge in [-0.3, -0.25) is 9.59 Å². The van der Waals surface area contributed by atoms with Gasteiger partial charge in [0.25, 0.3) is 5.91 Å². The number of halogens is 1. The number of aryl methyl sites for hydroxylation is 1. The summed E-state index contributed by atoms with van der Waals surface area (Å²) in [4.78, 5) is 39.2. The molecule has 0 spiro atoms. The van der Waals surface area contributed by atoms with Crippen LogP contribution in [0.1, 0.15) is 48.8 Å². The van der Waals surface area contributed by atoms with E-state index in [1.165, 1.54) is 17.7 Å². The molecule has 1 fully saturated rings. The fourth-order valence-corrected chi connectivity index (χ4v) is 3.47. The maximum Gasteiger partial charge on any atom is 0.363 e. The van der Waals surface area contributed by atoms with E-state index in [1.807, 2.05) is 0 Å². The van der Waals surface area contributed by atoms with Crippen LogP contribution in [0.15, 0.2) is 35.1 Å². The highest BCUT2D eigenvalue weighted by Gasteiger charge is 2.27. The van der Waals surface area contributed by atoms with E-state index in [0.29, 0.717) is 29.5 Å². The molecule has 3 rings (SSSR count). The van der Waals surface area contributed by atoms with E-state index in [-0.39, 0.29) is 11.6 Å². The van der Waals surface area contributed by atoms with Gasteiger partial charge in [0, 0.05) is 29.9 Å². The number of ether oxygens (including phenoxy) is 1. The average Bonchev–Trinajstić information content (AvgIpc) is 2.97. The van der Waals surface area contributed by atoms with Crippen molar-refractivity contribution in [1.29, 1.82) is 0 Å². The quantitative estimate of drug-likeness (QED) is 0.714. The third-order valence-electron chi connectivity index (χ3n) is 4.92. The van der Waals surface area contributed by atoms with Crippen LogP contribution in [0.2, 0.25) is 5.02 Å². The largest absolute Gasteiger partial charge is 0.448 e. The maximum atomic E-state index is 12.6. The van der Waals surface area contributed by atoms with Gasteiger partial charge in [-0.15, -0.1) is 0 Å². The Morgan fingerprint density at radius 3 is 2.34 bits per heavy atom. The molecule has 1 atom stereocenters. The molecule has 0 radical (unpaired) electrons. The first kappa shape index (κ1) is 21.0. The summed E-state index contributed by atoms with van der Waals surface area (Å²) in [5.41, 5.74) is 0.297. The monoisotopic (exact) mass is 417 g/mol. The summed E-state index contributed by atoms with van der Waals surface area (Å²) in [5, 5.41) is 4.74. The highest BCUT2D eigenvalue weighted by atomic mass is 35.5. The molecular weight excluding hydrogens is 394 g/mol. The van der Waals surface area contributed by atoms with Crippen LogP contribution < -0.4 is 5.43 Å². The Balaban J connectivity index is 1.79. The van der Waals surface area contributed by atoms with Crippen LogP contribution in [-0.4, -0.2) is 45.8 Å². The smallest absolute Gasteiger partial charge is 0.363 e. The van der Waals surface area contributed by atoms with Crippen molar-refractivity contribution in [3.8, 4) is 5.69 Å². The number of hydrogen-bond donors (Lipinski definition) is 0. The van der Waals surface area contributed by atoms with Gasteiger partial charge >= 0.3 is 5.97 Å². The van der Waals surface area contributed by atoms with Crippen molar-refractivity contribution in [2.75, 3.05) is 13.1 Å². The van der Waals surface area contributed by atoms with Crippen molar-refractivity contribution >= 4 is 23.5 Å². The second-order valence-electron chi connectivity index (χ2n) is 7.17. The summed E-state index contributed by atoms with van der Waals surface area (Å²) in [6.45, 7) is 4.56. The van der Waals surface area contributed by atoms with Gasteiger partial charge in [-0.2, -0.15) is 5.10 Å². The lowest BCUT2D eigenvalue weighted by Crippen LogP contribution is -2.41. The first-order valence-corrected chi connectivity index (χ1v) is 10.1. The number of likely N-dealkylation sites (tertiary alicyclic amines) is 1. The number of nitrogens with zero attached hydrogens (tertiary/aromatic N) is 3. The summed E-state index contributed by atoms with van der Waals surface area (Å²) in [6, 6.07) is 8.16. The number of hydrogen-bond acceptors (Lipinski definition) is 5. The molecule has 0 N–H and O–H groups in total. The van der Waals surface area contributed by atoms with E-state index < -0.39 is 17.5 Å². The van der Waals surface area contributed by atoms with E-state index in [2.05, 4.69) is 5.10 Å². The van der Waals surface area contributed by atoms with Crippen LogP contribution in [0.5, 0.6) is 0 Å². The first-order valence-electron chi connectivity index (χ1n) is 9.73. The Bertz CT molecular complexity index is 947. The van der Waals surface area contributed by atoms with Crippen molar-refractivity contribution in [2.24, 2.45) is 0 Å². The van der Waals surface area contributed by atoms with Gasteiger partial charge in [-0.25, -0.2) is 9.48 Å². The first-order chi connectivity index (χ1) is 13.9. The zero-order chi connectivity index (χ0) is 21.0. The lowest BCUT2D eigenvalue weighted by atomic mass is 10.2. The van der Waals surface area contributed by atoms with E-state index >= 15 is 0 Å². The SMILES string of the molecule is Cc1cc(=O)c(C(=O)O[C@H](C)C(=O)N2CCCCCC2)nn1-c1ccc(Cl)cc1. The zero-order valence-corrected chi connectivity index (χ0v) is 17.3. The minimum atomic E-state index is -0.980. The Morgan fingerprint density at radius 1 is 1.10 bits per heavy atom. The minimum absolute atomic E-state index is 0.245. The molecule has 1 aliphatic heterocycles. The third kappa shape index (κ3) is 5.03. The molecular formula is C21H24ClN3O4. The molecule has 1 aromatic carbocycles. The lowest BCUT2D eigenvalue weighted by Gasteiger charge is -2.23. The summed E-state index contributed by atoms with van der Waals surface area (Å²) in [6.07, 6.45) is 3.09. The molecule has 154 valence electrons. The number of carbonyl (C=O) groups excluding carboxylic acids is 2. The molecule has 0 bridgehead atoms. The molecule has 1 aliphatic rings. The Hall–Kier alpha value is -2.67. The molecule has 1 aromatic heterocycles. The zero-order valence-electron chi connectivity index (χ0n) is 16.6. The Kier molecular flexibility index (Phi) is 6.69. The van der Waals surface area contributed by atoms with Gasteiger partial charge in [0.1, 0.15) is 0 Å². The van der Waals surface area contributed by atoms with Gasteiger partial charge in [0.15, 0.2) is 6.10 Å². The highest BCUT2D eigenvalue weighted by molar-refractivity contribution is 6.30. The molecule has 1 amide bonds. The van der Waals surface area contributed by atoms with Crippen molar-refractivity contribution in [1.82, 2.24) is 14.7 Å². The fraction of sp³-hybridized carbons (Fsp3) is 0.429. The van der Waals surface area contributed by atoms with Crippen LogP contribution in [0.3, 0.4) is 0 Å². The van der Waals surface area contributed by atoms with Crippen molar-refractivity contribution in [3.63, 3.8) is 0 Å². The number of carbonyl (C=O) groups is 2. The van der Waals surface area contributed by atoms with E-state index in [9.17, 15) is 14.4 Å². The topological polar surface area (TPSA) is 81.5 Å². The van der Waals surface area contributed by atoms with Crippen molar-refractivity contribution in [3.05, 3.63) is 57.0 Å². The molecule has 0 saturated carbocycles. The molecule has 0 aliphatic carbocycles. The van der Waals surface area contributed by atoms with E-state index in [1.54, 1.807) is 36.1 Å². The van der Waals surface area contributed by atoms with E-state index in [4.69, 9.17) is 16.3 Å². The second kappa shape index (κ2) is 9.22. The van der Waals surface area contributed by atoms with Crippen LogP contribution in [-0.2, 0) is 9.53 Å². The molecule has 2 aromatic rings. The molecule has 1 saturated heterocycles. The van der Waals surface area contributed by atoms with Gasteiger partial charge in [-0.1, -0.05) is 24.4 Å². The van der Waals surface area contributed by atoms with Gasteiger partial charge in [0.2, 0.25) is 11.1 Å². The van der Waals surface area contributed by atoms with Crippen LogP contribution in [0, 0.1) is 6.92 Å². The standard InChI is InChI=1S/C21H24ClN3O4/c1-14-13-18(26)19(23-25(14)17-9-7-16(22)8-10-17)21(28)29-15(2)20(27)24-11-5-3-4-6-12-24/h7-10,13,15H,3-6,11-12H2,1-2H3/t15-/m1/s1. The summed E-state index contributed by atoms with van der Waals surface area (Å²) in [7, 11) is 0.